The number of halogens is 7. The molecule has 2 aromatic heterocycles. The largest absolute Gasteiger partial charge is 0.417 e. The molecule has 2 aromatic carbocycles. The maximum absolute atomic E-state index is 14.1. The van der Waals surface area contributed by atoms with Crippen molar-refractivity contribution in [2.75, 3.05) is 0 Å². The molecule has 1 saturated heterocycles. The number of nitrogens with one attached hydrogen (secondary N) is 2. The number of carbonyl (C=O) groups is 2. The van der Waals surface area contributed by atoms with Crippen molar-refractivity contribution >= 4 is 29.1 Å². The summed E-state index contributed by atoms with van der Waals surface area (Å²) in [7, 11) is 0. The number of rotatable bonds is 8. The second-order valence-corrected chi connectivity index (χ2v) is 12.2. The lowest BCUT2D eigenvalue weighted by molar-refractivity contribution is -0.140. The van der Waals surface area contributed by atoms with Crippen molar-refractivity contribution in [2.45, 2.75) is 56.8 Å². The zero-order chi connectivity index (χ0) is 34.4. The molecule has 4 aromatic rings. The summed E-state index contributed by atoms with van der Waals surface area (Å²) >= 11 is 1.44. The Morgan fingerprint density at radius 3 is 2.46 bits per heavy atom. The summed E-state index contributed by atoms with van der Waals surface area (Å²) in [6.45, 7) is -0.565. The minimum absolute atomic E-state index is 0.0309. The third-order valence-electron chi connectivity index (χ3n) is 8.24. The average molecular weight is 691 g/mol. The molecular formula is C32H25F7N6O2S. The van der Waals surface area contributed by atoms with Crippen LogP contribution in [0.2, 0.25) is 0 Å². The van der Waals surface area contributed by atoms with E-state index in [2.05, 4.69) is 15.3 Å². The van der Waals surface area contributed by atoms with Crippen molar-refractivity contribution in [1.82, 2.24) is 25.1 Å². The van der Waals surface area contributed by atoms with E-state index in [1.807, 2.05) is 16.8 Å². The van der Waals surface area contributed by atoms with Crippen molar-refractivity contribution in [3.63, 3.8) is 0 Å². The Morgan fingerprint density at radius 2 is 1.79 bits per heavy atom. The fraction of sp³-hybridized carbons (Fsp3) is 0.281. The third-order valence-corrected chi connectivity index (χ3v) is 8.93. The fourth-order valence-electron chi connectivity index (χ4n) is 5.90. The van der Waals surface area contributed by atoms with Crippen LogP contribution in [0, 0.1) is 11.2 Å². The predicted octanol–water partition coefficient (Wildman–Crippen LogP) is 7.01. The molecule has 250 valence electrons. The molecule has 0 radical (unpaired) electrons. The van der Waals surface area contributed by atoms with Crippen molar-refractivity contribution in [1.29, 1.82) is 5.41 Å². The van der Waals surface area contributed by atoms with E-state index in [4.69, 9.17) is 5.41 Å². The molecule has 0 unspecified atom stereocenters. The molecule has 0 aliphatic carbocycles. The van der Waals surface area contributed by atoms with Gasteiger partial charge in [0.2, 0.25) is 0 Å². The van der Waals surface area contributed by atoms with E-state index in [9.17, 15) is 40.3 Å². The van der Waals surface area contributed by atoms with Gasteiger partial charge in [0, 0.05) is 35.7 Å². The van der Waals surface area contributed by atoms with Gasteiger partial charge < -0.3 is 10.2 Å². The van der Waals surface area contributed by atoms with Crippen LogP contribution in [0.3, 0.4) is 0 Å². The molecule has 2 N–H and O–H groups in total. The summed E-state index contributed by atoms with van der Waals surface area (Å²) in [4.78, 5) is 38.4. The summed E-state index contributed by atoms with van der Waals surface area (Å²) in [5.74, 6) is -2.53. The lowest BCUT2D eigenvalue weighted by Crippen LogP contribution is -2.44. The van der Waals surface area contributed by atoms with Crippen molar-refractivity contribution < 1.29 is 40.3 Å². The maximum Gasteiger partial charge on any atom is 0.417 e. The van der Waals surface area contributed by atoms with Gasteiger partial charge in [0.05, 0.1) is 29.9 Å². The van der Waals surface area contributed by atoms with Gasteiger partial charge >= 0.3 is 12.4 Å². The molecule has 2 aliphatic heterocycles. The van der Waals surface area contributed by atoms with Crippen LogP contribution >= 0.6 is 11.3 Å². The van der Waals surface area contributed by atoms with E-state index < -0.39 is 78.4 Å². The van der Waals surface area contributed by atoms with E-state index in [1.54, 1.807) is 0 Å². The number of thiophene rings is 1. The number of amides is 2. The topological polar surface area (TPSA) is 102 Å². The highest BCUT2D eigenvalue weighted by molar-refractivity contribution is 7.08. The van der Waals surface area contributed by atoms with Crippen LogP contribution in [0.15, 0.2) is 65.5 Å². The normalized spacial score (nSPS) is 18.0. The number of carbonyl (C=O) groups excluding carboxylic acids is 2. The Kier molecular flexibility index (Phi) is 8.47. The second-order valence-electron chi connectivity index (χ2n) is 11.5. The van der Waals surface area contributed by atoms with Crippen LogP contribution in [0.25, 0.3) is 11.4 Å². The molecule has 2 amide bonds. The molecule has 4 heterocycles. The Morgan fingerprint density at radius 1 is 1.04 bits per heavy atom. The van der Waals surface area contributed by atoms with Gasteiger partial charge in [-0.1, -0.05) is 18.2 Å². The van der Waals surface area contributed by atoms with Gasteiger partial charge in [-0.05, 0) is 59.7 Å². The quantitative estimate of drug-likeness (QED) is 0.194. The van der Waals surface area contributed by atoms with Gasteiger partial charge in [0.1, 0.15) is 11.4 Å². The summed E-state index contributed by atoms with van der Waals surface area (Å²) in [6.07, 6.45) is -10.0. The van der Waals surface area contributed by atoms with Gasteiger partial charge in [-0.15, -0.1) is 0 Å². The van der Waals surface area contributed by atoms with E-state index in [1.165, 1.54) is 34.6 Å². The molecule has 16 heteroatoms. The maximum atomic E-state index is 14.1. The van der Waals surface area contributed by atoms with Crippen molar-refractivity contribution in [2.24, 2.45) is 0 Å². The van der Waals surface area contributed by atoms with Gasteiger partial charge in [-0.25, -0.2) is 14.4 Å². The minimum atomic E-state index is -4.91. The smallest absolute Gasteiger partial charge is 0.338 e. The standard InChI is InChI=1S/C32H25F7N6O2S/c33-22-5-3-21(4-6-22)30(9-1-10-31(34,35)36)28(47)45(29(40)43-30)14-18-2-7-24(32(37,38)39)23(12-18)27(46)44-15-20-13-41-26(42-25(20)16-44)19-8-11-48-17-19/h2-8,11-13,17H,1,9-10,14-16H2,(H2,40,43)/t30-/m1/s1. The number of hydrogen-bond acceptors (Lipinski definition) is 6. The molecule has 0 saturated carbocycles. The van der Waals surface area contributed by atoms with E-state index in [0.717, 1.165) is 34.7 Å². The number of hydrogen-bond donors (Lipinski definition) is 2. The predicted molar refractivity (Wildman–Crippen MR) is 160 cm³/mol. The number of nitrogens with zero attached hydrogens (tertiary/aromatic N) is 4. The number of alkyl halides is 6. The van der Waals surface area contributed by atoms with Crippen LogP contribution in [0.1, 0.15) is 57.6 Å². The van der Waals surface area contributed by atoms with Crippen LogP contribution < -0.4 is 5.32 Å². The average Bonchev–Trinajstić information content (AvgIpc) is 3.76. The molecule has 6 rings (SSSR count). The molecule has 1 atom stereocenters. The Hall–Kier alpha value is -4.86. The molecule has 1 fully saturated rings. The Bertz CT molecular complexity index is 1880. The van der Waals surface area contributed by atoms with E-state index in [0.29, 0.717) is 23.1 Å². The van der Waals surface area contributed by atoms with E-state index in [-0.39, 0.29) is 24.2 Å². The second kappa shape index (κ2) is 12.3. The number of aromatic nitrogens is 2. The summed E-state index contributed by atoms with van der Waals surface area (Å²) in [5.41, 5.74) is -1.72. The van der Waals surface area contributed by atoms with Gasteiger partial charge in [0.25, 0.3) is 11.8 Å². The van der Waals surface area contributed by atoms with Crippen LogP contribution in [0.5, 0.6) is 0 Å². The number of benzene rings is 2. The Labute approximate surface area is 272 Å². The zero-order valence-electron chi connectivity index (χ0n) is 24.8. The lowest BCUT2D eigenvalue weighted by Gasteiger charge is -2.28. The monoisotopic (exact) mass is 690 g/mol. The lowest BCUT2D eigenvalue weighted by atomic mass is 9.84. The fourth-order valence-corrected chi connectivity index (χ4v) is 6.53. The first-order chi connectivity index (χ1) is 22.6. The zero-order valence-corrected chi connectivity index (χ0v) is 25.6. The van der Waals surface area contributed by atoms with Crippen molar-refractivity contribution in [3.05, 3.63) is 105 Å². The molecule has 48 heavy (non-hydrogen) atoms. The Balaban J connectivity index is 1.27. The third kappa shape index (κ3) is 6.48. The first-order valence-corrected chi connectivity index (χ1v) is 15.5. The van der Waals surface area contributed by atoms with Crippen LogP contribution in [-0.4, -0.2) is 43.7 Å². The molecule has 0 spiro atoms. The highest BCUT2D eigenvalue weighted by Crippen LogP contribution is 2.38. The number of guanidine groups is 1. The molecular weight excluding hydrogens is 665 g/mol. The van der Waals surface area contributed by atoms with Gasteiger partial charge in [-0.3, -0.25) is 19.9 Å². The highest BCUT2D eigenvalue weighted by Gasteiger charge is 2.51. The van der Waals surface area contributed by atoms with E-state index >= 15 is 0 Å². The molecule has 8 nitrogen and oxygen atoms in total. The molecule has 0 bridgehead atoms. The van der Waals surface area contributed by atoms with Crippen molar-refractivity contribution in [3.8, 4) is 11.4 Å². The minimum Gasteiger partial charge on any atom is -0.338 e. The highest BCUT2D eigenvalue weighted by atomic mass is 32.1. The summed E-state index contributed by atoms with van der Waals surface area (Å²) < 4.78 is 95.2. The SMILES string of the molecule is N=C1N[C@](CCCC(F)(F)F)(c2ccc(F)cc2)C(=O)N1Cc1ccc(C(F)(F)F)c(C(=O)N2Cc3cnc(-c4ccsc4)nc3C2)c1. The van der Waals surface area contributed by atoms with Crippen LogP contribution in [0.4, 0.5) is 30.7 Å². The molecule has 2 aliphatic rings. The summed E-state index contributed by atoms with van der Waals surface area (Å²) in [6, 6.07) is 9.11. The van der Waals surface area contributed by atoms with Gasteiger partial charge in [0.15, 0.2) is 11.8 Å². The first kappa shape index (κ1) is 33.1. The van der Waals surface area contributed by atoms with Gasteiger partial charge in [-0.2, -0.15) is 37.7 Å². The summed E-state index contributed by atoms with van der Waals surface area (Å²) in [5, 5.41) is 14.8. The van der Waals surface area contributed by atoms with Crippen LogP contribution in [-0.2, 0) is 36.1 Å². The number of fused-ring (bicyclic) bond motifs is 1. The first-order valence-electron chi connectivity index (χ1n) is 14.5.